The lowest BCUT2D eigenvalue weighted by Gasteiger charge is -2.15. The van der Waals surface area contributed by atoms with Crippen molar-refractivity contribution in [2.45, 2.75) is 20.0 Å². The van der Waals surface area contributed by atoms with Crippen molar-refractivity contribution in [3.05, 3.63) is 48.0 Å². The molecule has 3 heteroatoms. The van der Waals surface area contributed by atoms with Gasteiger partial charge >= 0.3 is 5.97 Å². The topological polar surface area (TPSA) is 35.5 Å². The normalized spacial score (nSPS) is 12.6. The Morgan fingerprint density at radius 2 is 2.06 bits per heavy atom. The molecule has 0 fully saturated rings. The van der Waals surface area contributed by atoms with Gasteiger partial charge in [0.15, 0.2) is 6.10 Å². The number of allylic oxidation sites excluding steroid dienone is 1. The molecule has 1 aromatic rings. The van der Waals surface area contributed by atoms with Crippen molar-refractivity contribution in [1.82, 2.24) is 0 Å². The zero-order chi connectivity index (χ0) is 12.5. The molecule has 0 radical (unpaired) electrons. The van der Waals surface area contributed by atoms with Crippen molar-refractivity contribution in [2.75, 3.05) is 13.2 Å². The SMILES string of the molecule is C/C=C/COC(C(=O)OCC)c1ccccc1. The van der Waals surface area contributed by atoms with Gasteiger partial charge in [0.05, 0.1) is 13.2 Å². The molecule has 0 amide bonds. The summed E-state index contributed by atoms with van der Waals surface area (Å²) in [6.45, 7) is 4.45. The Bertz CT molecular complexity index is 357. The second-order valence-corrected chi connectivity index (χ2v) is 3.45. The number of rotatable bonds is 6. The van der Waals surface area contributed by atoms with Gasteiger partial charge < -0.3 is 9.47 Å². The Labute approximate surface area is 102 Å². The number of hydrogen-bond donors (Lipinski definition) is 0. The van der Waals surface area contributed by atoms with Crippen LogP contribution in [0.1, 0.15) is 25.5 Å². The molecule has 3 nitrogen and oxygen atoms in total. The summed E-state index contributed by atoms with van der Waals surface area (Å²) in [5, 5.41) is 0. The Balaban J connectivity index is 2.75. The van der Waals surface area contributed by atoms with Crippen molar-refractivity contribution in [1.29, 1.82) is 0 Å². The summed E-state index contributed by atoms with van der Waals surface area (Å²) in [5.41, 5.74) is 0.815. The smallest absolute Gasteiger partial charge is 0.339 e. The van der Waals surface area contributed by atoms with Crippen LogP contribution >= 0.6 is 0 Å². The van der Waals surface area contributed by atoms with Crippen LogP contribution < -0.4 is 0 Å². The summed E-state index contributed by atoms with van der Waals surface area (Å²) in [7, 11) is 0. The van der Waals surface area contributed by atoms with E-state index in [1.165, 1.54) is 0 Å². The van der Waals surface area contributed by atoms with Crippen LogP contribution in [-0.2, 0) is 14.3 Å². The molecule has 0 aliphatic carbocycles. The fourth-order valence-electron chi connectivity index (χ4n) is 1.39. The highest BCUT2D eigenvalue weighted by atomic mass is 16.6. The maximum Gasteiger partial charge on any atom is 0.339 e. The van der Waals surface area contributed by atoms with Crippen molar-refractivity contribution >= 4 is 5.97 Å². The van der Waals surface area contributed by atoms with Gasteiger partial charge in [0.2, 0.25) is 0 Å². The Morgan fingerprint density at radius 1 is 1.35 bits per heavy atom. The predicted octanol–water partition coefficient (Wildman–Crippen LogP) is 2.88. The van der Waals surface area contributed by atoms with Crippen LogP contribution in [0.2, 0.25) is 0 Å². The lowest BCUT2D eigenvalue weighted by Crippen LogP contribution is -2.19. The third-order valence-corrected chi connectivity index (χ3v) is 2.20. The standard InChI is InChI=1S/C14H18O3/c1-3-5-11-17-13(14(15)16-4-2)12-9-7-6-8-10-12/h3,5-10,13H,4,11H2,1-2H3/b5-3+. The molecule has 0 aliphatic heterocycles. The minimum Gasteiger partial charge on any atom is -0.464 e. The molecule has 0 heterocycles. The summed E-state index contributed by atoms with van der Waals surface area (Å²) in [4.78, 5) is 11.8. The van der Waals surface area contributed by atoms with Crippen LogP contribution in [0.5, 0.6) is 0 Å². The molecule has 0 saturated carbocycles. The van der Waals surface area contributed by atoms with Gasteiger partial charge in [-0.2, -0.15) is 0 Å². The average molecular weight is 234 g/mol. The molecule has 1 aromatic carbocycles. The fraction of sp³-hybridized carbons (Fsp3) is 0.357. The van der Waals surface area contributed by atoms with Gasteiger partial charge in [0, 0.05) is 0 Å². The van der Waals surface area contributed by atoms with E-state index in [1.54, 1.807) is 6.92 Å². The molecule has 1 atom stereocenters. The number of ether oxygens (including phenoxy) is 2. The van der Waals surface area contributed by atoms with Crippen LogP contribution in [0, 0.1) is 0 Å². The van der Waals surface area contributed by atoms with Crippen LogP contribution in [-0.4, -0.2) is 19.2 Å². The van der Waals surface area contributed by atoms with Crippen LogP contribution in [0.25, 0.3) is 0 Å². The second-order valence-electron chi connectivity index (χ2n) is 3.45. The van der Waals surface area contributed by atoms with E-state index < -0.39 is 6.10 Å². The van der Waals surface area contributed by atoms with Crippen LogP contribution in [0.4, 0.5) is 0 Å². The molecule has 0 N–H and O–H groups in total. The highest BCUT2D eigenvalue weighted by Crippen LogP contribution is 2.18. The minimum absolute atomic E-state index is 0.344. The Kier molecular flexibility index (Phi) is 6.04. The maximum absolute atomic E-state index is 11.8. The van der Waals surface area contributed by atoms with E-state index in [4.69, 9.17) is 9.47 Å². The first-order chi connectivity index (χ1) is 8.29. The summed E-state index contributed by atoms with van der Waals surface area (Å²) < 4.78 is 10.5. The summed E-state index contributed by atoms with van der Waals surface area (Å²) in [6.07, 6.45) is 3.09. The van der Waals surface area contributed by atoms with E-state index in [2.05, 4.69) is 0 Å². The van der Waals surface area contributed by atoms with Gasteiger partial charge in [-0.15, -0.1) is 0 Å². The zero-order valence-electron chi connectivity index (χ0n) is 10.3. The molecule has 0 aromatic heterocycles. The minimum atomic E-state index is -0.646. The quantitative estimate of drug-likeness (QED) is 0.561. The van der Waals surface area contributed by atoms with E-state index in [9.17, 15) is 4.79 Å². The molecule has 17 heavy (non-hydrogen) atoms. The largest absolute Gasteiger partial charge is 0.464 e. The van der Waals surface area contributed by atoms with Gasteiger partial charge in [-0.05, 0) is 19.4 Å². The molecule has 92 valence electrons. The second kappa shape index (κ2) is 7.63. The van der Waals surface area contributed by atoms with Gasteiger partial charge in [-0.1, -0.05) is 42.5 Å². The third kappa shape index (κ3) is 4.41. The van der Waals surface area contributed by atoms with Crippen molar-refractivity contribution in [3.8, 4) is 0 Å². The van der Waals surface area contributed by atoms with Crippen LogP contribution in [0.15, 0.2) is 42.5 Å². The Hall–Kier alpha value is -1.61. The molecule has 0 spiro atoms. The summed E-state index contributed by atoms with van der Waals surface area (Å²) in [5.74, 6) is -0.344. The number of benzene rings is 1. The van der Waals surface area contributed by atoms with Crippen molar-refractivity contribution < 1.29 is 14.3 Å². The van der Waals surface area contributed by atoms with Crippen LogP contribution in [0.3, 0.4) is 0 Å². The summed E-state index contributed by atoms with van der Waals surface area (Å²) >= 11 is 0. The molecule has 0 bridgehead atoms. The van der Waals surface area contributed by atoms with Gasteiger partial charge in [-0.25, -0.2) is 4.79 Å². The van der Waals surface area contributed by atoms with E-state index in [1.807, 2.05) is 49.4 Å². The number of carbonyl (C=O) groups is 1. The van der Waals surface area contributed by atoms with E-state index in [0.29, 0.717) is 13.2 Å². The highest BCUT2D eigenvalue weighted by Gasteiger charge is 2.21. The molecular formula is C14H18O3. The lowest BCUT2D eigenvalue weighted by atomic mass is 10.1. The summed E-state index contributed by atoms with van der Waals surface area (Å²) in [6, 6.07) is 9.37. The molecule has 0 saturated heterocycles. The third-order valence-electron chi connectivity index (χ3n) is 2.20. The predicted molar refractivity (Wildman–Crippen MR) is 66.6 cm³/mol. The van der Waals surface area contributed by atoms with E-state index in [-0.39, 0.29) is 5.97 Å². The van der Waals surface area contributed by atoms with Gasteiger partial charge in [-0.3, -0.25) is 0 Å². The van der Waals surface area contributed by atoms with E-state index in [0.717, 1.165) is 5.56 Å². The first kappa shape index (κ1) is 13.5. The first-order valence-corrected chi connectivity index (χ1v) is 5.74. The van der Waals surface area contributed by atoms with E-state index >= 15 is 0 Å². The molecular weight excluding hydrogens is 216 g/mol. The maximum atomic E-state index is 11.8. The van der Waals surface area contributed by atoms with Gasteiger partial charge in [0.1, 0.15) is 0 Å². The lowest BCUT2D eigenvalue weighted by molar-refractivity contribution is -0.156. The number of carbonyl (C=O) groups excluding carboxylic acids is 1. The number of esters is 1. The fourth-order valence-corrected chi connectivity index (χ4v) is 1.39. The van der Waals surface area contributed by atoms with Crippen molar-refractivity contribution in [2.24, 2.45) is 0 Å². The number of hydrogen-bond acceptors (Lipinski definition) is 3. The average Bonchev–Trinajstić information content (AvgIpc) is 2.36. The highest BCUT2D eigenvalue weighted by molar-refractivity contribution is 5.76. The molecule has 0 aliphatic rings. The monoisotopic (exact) mass is 234 g/mol. The van der Waals surface area contributed by atoms with Crippen molar-refractivity contribution in [3.63, 3.8) is 0 Å². The molecule has 1 rings (SSSR count). The Morgan fingerprint density at radius 3 is 2.65 bits per heavy atom. The first-order valence-electron chi connectivity index (χ1n) is 5.74. The van der Waals surface area contributed by atoms with Gasteiger partial charge in [0.25, 0.3) is 0 Å². The molecule has 1 unspecified atom stereocenters. The zero-order valence-corrected chi connectivity index (χ0v) is 10.3.